The van der Waals surface area contributed by atoms with Gasteiger partial charge in [0, 0.05) is 13.5 Å². The van der Waals surface area contributed by atoms with Crippen molar-refractivity contribution in [3.63, 3.8) is 0 Å². The monoisotopic (exact) mass is 169 g/mol. The topological polar surface area (TPSA) is 68.0 Å². The third-order valence-corrected chi connectivity index (χ3v) is 1.72. The number of nitrogens with zero attached hydrogens (tertiary/aromatic N) is 3. The summed E-state index contributed by atoms with van der Waals surface area (Å²) in [5, 5.41) is 16.1. The van der Waals surface area contributed by atoms with Crippen LogP contribution < -0.4 is 0 Å². The molecule has 66 valence electrons. The summed E-state index contributed by atoms with van der Waals surface area (Å²) < 4.78 is 1.72. The van der Waals surface area contributed by atoms with Crippen LogP contribution in [0.15, 0.2) is 6.33 Å². The van der Waals surface area contributed by atoms with Crippen molar-refractivity contribution >= 4 is 5.97 Å². The molecule has 1 heterocycles. The number of rotatable bonds is 3. The van der Waals surface area contributed by atoms with E-state index in [4.69, 9.17) is 5.11 Å². The van der Waals surface area contributed by atoms with E-state index >= 15 is 0 Å². The summed E-state index contributed by atoms with van der Waals surface area (Å²) in [7, 11) is 1.80. The van der Waals surface area contributed by atoms with Gasteiger partial charge >= 0.3 is 5.97 Å². The van der Waals surface area contributed by atoms with Crippen LogP contribution in [-0.2, 0) is 18.3 Å². The second-order valence-corrected chi connectivity index (χ2v) is 2.80. The first kappa shape index (κ1) is 8.70. The van der Waals surface area contributed by atoms with Gasteiger partial charge in [-0.3, -0.25) is 4.79 Å². The van der Waals surface area contributed by atoms with Crippen LogP contribution in [-0.4, -0.2) is 25.8 Å². The van der Waals surface area contributed by atoms with E-state index < -0.39 is 11.9 Å². The van der Waals surface area contributed by atoms with E-state index in [1.807, 2.05) is 0 Å². The summed E-state index contributed by atoms with van der Waals surface area (Å²) in [6, 6.07) is 0. The molecule has 0 aliphatic carbocycles. The molecular weight excluding hydrogens is 158 g/mol. The van der Waals surface area contributed by atoms with E-state index in [1.165, 1.54) is 0 Å². The smallest absolute Gasteiger partial charge is 0.306 e. The highest BCUT2D eigenvalue weighted by molar-refractivity contribution is 5.69. The molecule has 1 aromatic rings. The van der Waals surface area contributed by atoms with Crippen molar-refractivity contribution in [2.45, 2.75) is 13.3 Å². The number of aliphatic carboxylic acids is 1. The Balaban J connectivity index is 2.64. The molecule has 1 rings (SSSR count). The van der Waals surface area contributed by atoms with Gasteiger partial charge in [0.25, 0.3) is 0 Å². The van der Waals surface area contributed by atoms with Crippen molar-refractivity contribution in [2.75, 3.05) is 0 Å². The average Bonchev–Trinajstić information content (AvgIpc) is 2.36. The Morgan fingerprint density at radius 3 is 2.92 bits per heavy atom. The van der Waals surface area contributed by atoms with Gasteiger partial charge in [0.1, 0.15) is 12.2 Å². The summed E-state index contributed by atoms with van der Waals surface area (Å²) in [5.41, 5.74) is 0. The minimum atomic E-state index is -0.807. The number of aromatic nitrogens is 3. The molecule has 1 atom stereocenters. The molecule has 0 saturated heterocycles. The van der Waals surface area contributed by atoms with Crippen LogP contribution in [0.2, 0.25) is 0 Å². The SMILES string of the molecule is CC(Cc1nncn1C)C(=O)O. The lowest BCUT2D eigenvalue weighted by Gasteiger charge is -2.03. The third kappa shape index (κ3) is 1.81. The number of carbonyl (C=O) groups is 1. The summed E-state index contributed by atoms with van der Waals surface area (Å²) >= 11 is 0. The Hall–Kier alpha value is -1.39. The molecule has 5 nitrogen and oxygen atoms in total. The fraction of sp³-hybridized carbons (Fsp3) is 0.571. The van der Waals surface area contributed by atoms with Gasteiger partial charge in [-0.2, -0.15) is 0 Å². The fourth-order valence-corrected chi connectivity index (χ4v) is 0.853. The fourth-order valence-electron chi connectivity index (χ4n) is 0.853. The normalized spacial score (nSPS) is 12.8. The van der Waals surface area contributed by atoms with Crippen molar-refractivity contribution in [3.8, 4) is 0 Å². The van der Waals surface area contributed by atoms with E-state index in [2.05, 4.69) is 10.2 Å². The second-order valence-electron chi connectivity index (χ2n) is 2.80. The molecule has 0 aliphatic rings. The first-order valence-electron chi connectivity index (χ1n) is 3.67. The summed E-state index contributed by atoms with van der Waals surface area (Å²) in [4.78, 5) is 10.5. The summed E-state index contributed by atoms with van der Waals surface area (Å²) in [6.45, 7) is 1.65. The lowest BCUT2D eigenvalue weighted by atomic mass is 10.1. The Kier molecular flexibility index (Phi) is 2.42. The maximum Gasteiger partial charge on any atom is 0.306 e. The van der Waals surface area contributed by atoms with Crippen molar-refractivity contribution in [1.82, 2.24) is 14.8 Å². The predicted molar refractivity (Wildman–Crippen MR) is 41.5 cm³/mol. The molecule has 0 radical (unpaired) electrons. The van der Waals surface area contributed by atoms with Crippen molar-refractivity contribution < 1.29 is 9.90 Å². The molecule has 0 amide bonds. The average molecular weight is 169 g/mol. The highest BCUT2D eigenvalue weighted by Crippen LogP contribution is 2.04. The molecule has 5 heteroatoms. The van der Waals surface area contributed by atoms with Gasteiger partial charge in [-0.1, -0.05) is 6.92 Å². The number of aryl methyl sites for hydroxylation is 1. The van der Waals surface area contributed by atoms with E-state index in [9.17, 15) is 4.79 Å². The first-order valence-corrected chi connectivity index (χ1v) is 3.67. The van der Waals surface area contributed by atoms with Gasteiger partial charge < -0.3 is 9.67 Å². The Morgan fingerprint density at radius 1 is 1.83 bits per heavy atom. The van der Waals surface area contributed by atoms with Crippen LogP contribution in [0.1, 0.15) is 12.7 Å². The van der Waals surface area contributed by atoms with Gasteiger partial charge in [0.05, 0.1) is 5.92 Å². The third-order valence-electron chi connectivity index (χ3n) is 1.72. The van der Waals surface area contributed by atoms with Gasteiger partial charge in [0.15, 0.2) is 0 Å². The molecular formula is C7H11N3O2. The first-order chi connectivity index (χ1) is 5.61. The maximum absolute atomic E-state index is 10.5. The van der Waals surface area contributed by atoms with Gasteiger partial charge in [0.2, 0.25) is 0 Å². The largest absolute Gasteiger partial charge is 0.481 e. The zero-order valence-electron chi connectivity index (χ0n) is 7.06. The van der Waals surface area contributed by atoms with E-state index in [0.717, 1.165) is 0 Å². The zero-order chi connectivity index (χ0) is 9.14. The van der Waals surface area contributed by atoms with E-state index in [0.29, 0.717) is 12.2 Å². The summed E-state index contributed by atoms with van der Waals surface area (Å²) in [5.74, 6) is -0.518. The van der Waals surface area contributed by atoms with Crippen molar-refractivity contribution in [1.29, 1.82) is 0 Å². The highest BCUT2D eigenvalue weighted by Gasteiger charge is 2.14. The Labute approximate surface area is 70.0 Å². The standard InChI is InChI=1S/C7H11N3O2/c1-5(7(11)12)3-6-9-8-4-10(6)2/h4-5H,3H2,1-2H3,(H,11,12). The molecule has 1 unspecified atom stereocenters. The van der Waals surface area contributed by atoms with Crippen molar-refractivity contribution in [3.05, 3.63) is 12.2 Å². The Morgan fingerprint density at radius 2 is 2.50 bits per heavy atom. The number of carboxylic acids is 1. The lowest BCUT2D eigenvalue weighted by molar-refractivity contribution is -0.141. The van der Waals surface area contributed by atoms with Crippen LogP contribution in [0.25, 0.3) is 0 Å². The molecule has 12 heavy (non-hydrogen) atoms. The number of hydrogen-bond donors (Lipinski definition) is 1. The van der Waals surface area contributed by atoms with Crippen LogP contribution in [0.5, 0.6) is 0 Å². The molecule has 0 fully saturated rings. The molecule has 0 saturated carbocycles. The maximum atomic E-state index is 10.5. The van der Waals surface area contributed by atoms with Gasteiger partial charge in [-0.25, -0.2) is 0 Å². The minimum absolute atomic E-state index is 0.409. The lowest BCUT2D eigenvalue weighted by Crippen LogP contribution is -2.14. The summed E-state index contributed by atoms with van der Waals surface area (Å²) in [6.07, 6.45) is 1.98. The zero-order valence-corrected chi connectivity index (χ0v) is 7.06. The molecule has 1 N–H and O–H groups in total. The van der Waals surface area contributed by atoms with Gasteiger partial charge in [-0.15, -0.1) is 10.2 Å². The molecule has 0 aromatic carbocycles. The van der Waals surface area contributed by atoms with Crippen LogP contribution in [0.3, 0.4) is 0 Å². The van der Waals surface area contributed by atoms with Crippen LogP contribution in [0.4, 0.5) is 0 Å². The van der Waals surface area contributed by atoms with E-state index in [1.54, 1.807) is 24.9 Å². The van der Waals surface area contributed by atoms with Gasteiger partial charge in [-0.05, 0) is 0 Å². The molecule has 0 aliphatic heterocycles. The Bertz CT molecular complexity index is 282. The molecule has 1 aromatic heterocycles. The van der Waals surface area contributed by atoms with Crippen molar-refractivity contribution in [2.24, 2.45) is 13.0 Å². The number of carboxylic acid groups (broad SMARTS) is 1. The quantitative estimate of drug-likeness (QED) is 0.695. The van der Waals surface area contributed by atoms with Crippen LogP contribution in [0, 0.1) is 5.92 Å². The highest BCUT2D eigenvalue weighted by atomic mass is 16.4. The van der Waals surface area contributed by atoms with E-state index in [-0.39, 0.29) is 0 Å². The molecule has 0 spiro atoms. The molecule has 0 bridgehead atoms. The predicted octanol–water partition coefficient (Wildman–Crippen LogP) is 0.0783. The number of hydrogen-bond acceptors (Lipinski definition) is 3. The minimum Gasteiger partial charge on any atom is -0.481 e. The second kappa shape index (κ2) is 3.34. The van der Waals surface area contributed by atoms with Crippen LogP contribution >= 0.6 is 0 Å².